The van der Waals surface area contributed by atoms with Crippen molar-refractivity contribution in [3.8, 4) is 0 Å². The number of hydrogen-bond acceptors (Lipinski definition) is 4. The third-order valence-corrected chi connectivity index (χ3v) is 2.76. The smallest absolute Gasteiger partial charge is 0.248 e. The van der Waals surface area contributed by atoms with E-state index in [1.54, 1.807) is 0 Å². The third kappa shape index (κ3) is 4.59. The second kappa shape index (κ2) is 6.44. The first-order valence-corrected chi connectivity index (χ1v) is 5.54. The maximum absolute atomic E-state index is 11.3. The molecule has 0 aromatic heterocycles. The van der Waals surface area contributed by atoms with Crippen LogP contribution in [0.4, 0.5) is 0 Å². The quantitative estimate of drug-likeness (QED) is 0.437. The predicted molar refractivity (Wildman–Crippen MR) is 58.4 cm³/mol. The van der Waals surface area contributed by atoms with Gasteiger partial charge in [-0.3, -0.25) is 9.59 Å². The summed E-state index contributed by atoms with van der Waals surface area (Å²) in [5, 5.41) is 14.8. The number of aliphatic hydroxyl groups excluding tert-OH is 1. The van der Waals surface area contributed by atoms with Gasteiger partial charge in [0.2, 0.25) is 11.8 Å². The minimum atomic E-state index is -1.29. The van der Waals surface area contributed by atoms with Crippen LogP contribution in [-0.2, 0) is 9.59 Å². The highest BCUT2D eigenvalue weighted by molar-refractivity contribution is 5.80. The van der Waals surface area contributed by atoms with Crippen LogP contribution in [0.3, 0.4) is 0 Å². The summed E-state index contributed by atoms with van der Waals surface area (Å²) in [6, 6.07) is 0. The molecule has 0 aliphatic carbocycles. The monoisotopic (exact) mass is 229 g/mol. The van der Waals surface area contributed by atoms with Crippen molar-refractivity contribution in [3.05, 3.63) is 0 Å². The van der Waals surface area contributed by atoms with Crippen LogP contribution < -0.4 is 16.4 Å². The Kier molecular flexibility index (Phi) is 5.21. The topological polar surface area (TPSA) is 104 Å². The van der Waals surface area contributed by atoms with Crippen molar-refractivity contribution in [2.45, 2.75) is 25.4 Å². The molecule has 1 aliphatic heterocycles. The number of primary amides is 1. The Morgan fingerprint density at radius 2 is 2.31 bits per heavy atom. The largest absolute Gasteiger partial charge is 0.381 e. The van der Waals surface area contributed by atoms with Gasteiger partial charge in [0.15, 0.2) is 0 Å². The standard InChI is InChI=1S/C10H19N3O3/c11-10(16)8(14)6-13-9(15)2-1-7-3-4-12-5-7/h7-8,12,14H,1-6H2,(H2,11,16)(H,13,15). The molecule has 1 rings (SSSR count). The summed E-state index contributed by atoms with van der Waals surface area (Å²) >= 11 is 0. The normalized spacial score (nSPS) is 21.7. The molecule has 5 N–H and O–H groups in total. The molecular formula is C10H19N3O3. The second-order valence-electron chi connectivity index (χ2n) is 4.12. The van der Waals surface area contributed by atoms with E-state index in [9.17, 15) is 9.59 Å². The molecule has 0 spiro atoms. The maximum Gasteiger partial charge on any atom is 0.248 e. The van der Waals surface area contributed by atoms with Crippen LogP contribution in [0.25, 0.3) is 0 Å². The predicted octanol–water partition coefficient (Wildman–Crippen LogP) is -1.66. The van der Waals surface area contributed by atoms with Gasteiger partial charge in [0.05, 0.1) is 6.54 Å². The van der Waals surface area contributed by atoms with Crippen LogP contribution in [0.2, 0.25) is 0 Å². The Bertz CT molecular complexity index is 252. The van der Waals surface area contributed by atoms with E-state index >= 15 is 0 Å². The molecule has 6 heteroatoms. The number of amides is 2. The molecule has 2 unspecified atom stereocenters. The Balaban J connectivity index is 2.08. The van der Waals surface area contributed by atoms with E-state index in [4.69, 9.17) is 10.8 Å². The van der Waals surface area contributed by atoms with Crippen molar-refractivity contribution in [1.29, 1.82) is 0 Å². The molecule has 6 nitrogen and oxygen atoms in total. The molecule has 0 aromatic carbocycles. The van der Waals surface area contributed by atoms with Crippen LogP contribution in [0.5, 0.6) is 0 Å². The van der Waals surface area contributed by atoms with E-state index < -0.39 is 12.0 Å². The Hall–Kier alpha value is -1.14. The zero-order valence-electron chi connectivity index (χ0n) is 9.24. The number of nitrogens with one attached hydrogen (secondary N) is 2. The van der Waals surface area contributed by atoms with Gasteiger partial charge in [0.25, 0.3) is 0 Å². The lowest BCUT2D eigenvalue weighted by Crippen LogP contribution is -2.40. The van der Waals surface area contributed by atoms with Crippen molar-refractivity contribution >= 4 is 11.8 Å². The van der Waals surface area contributed by atoms with Gasteiger partial charge in [-0.1, -0.05) is 0 Å². The molecule has 0 saturated carbocycles. The van der Waals surface area contributed by atoms with E-state index in [-0.39, 0.29) is 12.5 Å². The first-order valence-electron chi connectivity index (χ1n) is 5.54. The molecule has 92 valence electrons. The number of nitrogens with two attached hydrogens (primary N) is 1. The van der Waals surface area contributed by atoms with Gasteiger partial charge in [-0.05, 0) is 31.8 Å². The lowest BCUT2D eigenvalue weighted by Gasteiger charge is -2.10. The highest BCUT2D eigenvalue weighted by atomic mass is 16.3. The summed E-state index contributed by atoms with van der Waals surface area (Å²) in [7, 11) is 0. The van der Waals surface area contributed by atoms with Gasteiger partial charge in [-0.2, -0.15) is 0 Å². The number of carbonyl (C=O) groups is 2. The Morgan fingerprint density at radius 1 is 1.56 bits per heavy atom. The van der Waals surface area contributed by atoms with Gasteiger partial charge in [-0.25, -0.2) is 0 Å². The van der Waals surface area contributed by atoms with Crippen LogP contribution in [-0.4, -0.2) is 42.7 Å². The molecule has 0 bridgehead atoms. The van der Waals surface area contributed by atoms with Gasteiger partial charge in [0, 0.05) is 6.42 Å². The summed E-state index contributed by atoms with van der Waals surface area (Å²) in [5.74, 6) is -0.403. The maximum atomic E-state index is 11.3. The Labute approximate surface area is 94.6 Å². The molecule has 1 aliphatic rings. The second-order valence-corrected chi connectivity index (χ2v) is 4.12. The van der Waals surface area contributed by atoms with E-state index in [0.29, 0.717) is 12.3 Å². The molecule has 1 fully saturated rings. The van der Waals surface area contributed by atoms with E-state index in [2.05, 4.69) is 10.6 Å². The number of aliphatic hydroxyl groups is 1. The summed E-state index contributed by atoms with van der Waals surface area (Å²) in [6.45, 7) is 1.89. The van der Waals surface area contributed by atoms with Crippen molar-refractivity contribution in [3.63, 3.8) is 0 Å². The van der Waals surface area contributed by atoms with Crippen LogP contribution in [0, 0.1) is 5.92 Å². The van der Waals surface area contributed by atoms with E-state index in [1.165, 1.54) is 0 Å². The lowest BCUT2D eigenvalue weighted by molar-refractivity contribution is -0.127. The summed E-state index contributed by atoms with van der Waals surface area (Å²) < 4.78 is 0. The van der Waals surface area contributed by atoms with Crippen molar-refractivity contribution in [1.82, 2.24) is 10.6 Å². The van der Waals surface area contributed by atoms with Gasteiger partial charge in [-0.15, -0.1) is 0 Å². The Morgan fingerprint density at radius 3 is 2.88 bits per heavy atom. The van der Waals surface area contributed by atoms with E-state index in [0.717, 1.165) is 25.9 Å². The molecule has 1 heterocycles. The molecule has 1 saturated heterocycles. The fourth-order valence-electron chi connectivity index (χ4n) is 1.70. The fourth-order valence-corrected chi connectivity index (χ4v) is 1.70. The summed E-state index contributed by atoms with van der Waals surface area (Å²) in [5.41, 5.74) is 4.85. The average molecular weight is 229 g/mol. The minimum absolute atomic E-state index is 0.100. The molecular weight excluding hydrogens is 210 g/mol. The summed E-state index contributed by atoms with van der Waals surface area (Å²) in [6.07, 6.45) is 1.08. The van der Waals surface area contributed by atoms with Crippen LogP contribution >= 0.6 is 0 Å². The van der Waals surface area contributed by atoms with Crippen LogP contribution in [0.15, 0.2) is 0 Å². The van der Waals surface area contributed by atoms with Crippen molar-refractivity contribution < 1.29 is 14.7 Å². The number of hydrogen-bond donors (Lipinski definition) is 4. The highest BCUT2D eigenvalue weighted by Crippen LogP contribution is 2.13. The van der Waals surface area contributed by atoms with Crippen LogP contribution in [0.1, 0.15) is 19.3 Å². The molecule has 2 amide bonds. The summed E-state index contributed by atoms with van der Waals surface area (Å²) in [4.78, 5) is 21.8. The number of carbonyl (C=O) groups excluding carboxylic acids is 2. The van der Waals surface area contributed by atoms with Crippen molar-refractivity contribution in [2.75, 3.05) is 19.6 Å². The fraction of sp³-hybridized carbons (Fsp3) is 0.800. The average Bonchev–Trinajstić information content (AvgIpc) is 2.75. The number of rotatable bonds is 6. The van der Waals surface area contributed by atoms with Crippen molar-refractivity contribution in [2.24, 2.45) is 11.7 Å². The highest BCUT2D eigenvalue weighted by Gasteiger charge is 2.16. The third-order valence-electron chi connectivity index (χ3n) is 2.76. The molecule has 2 atom stereocenters. The first kappa shape index (κ1) is 12.9. The van der Waals surface area contributed by atoms with Gasteiger partial charge in [0.1, 0.15) is 6.10 Å². The zero-order chi connectivity index (χ0) is 12.0. The van der Waals surface area contributed by atoms with Gasteiger partial charge < -0.3 is 21.5 Å². The zero-order valence-corrected chi connectivity index (χ0v) is 9.24. The van der Waals surface area contributed by atoms with E-state index in [1.807, 2.05) is 0 Å². The molecule has 0 radical (unpaired) electrons. The first-order chi connectivity index (χ1) is 7.59. The van der Waals surface area contributed by atoms with Gasteiger partial charge >= 0.3 is 0 Å². The molecule has 0 aromatic rings. The molecule has 16 heavy (non-hydrogen) atoms. The SMILES string of the molecule is NC(=O)C(O)CNC(=O)CCC1CCNC1. The lowest BCUT2D eigenvalue weighted by atomic mass is 10.0. The minimum Gasteiger partial charge on any atom is -0.381 e.